The van der Waals surface area contributed by atoms with Crippen LogP contribution in [-0.4, -0.2) is 4.98 Å². The second-order valence-electron chi connectivity index (χ2n) is 11.5. The second-order valence-corrected chi connectivity index (χ2v) is 11.5. The maximum atomic E-state index is 6.84. The molecule has 5 aromatic carbocycles. The molecule has 7 aromatic rings. The Balaban J connectivity index is 1.57. The molecule has 7 rings (SSSR count). The zero-order valence-electron chi connectivity index (χ0n) is 21.7. The Morgan fingerprint density at radius 3 is 1.92 bits per heavy atom. The number of fused-ring (bicyclic) bond motifs is 10. The molecule has 0 saturated heterocycles. The van der Waals surface area contributed by atoms with Gasteiger partial charge in [0.15, 0.2) is 0 Å². The van der Waals surface area contributed by atoms with Gasteiger partial charge < -0.3 is 4.42 Å². The van der Waals surface area contributed by atoms with E-state index >= 15 is 0 Å². The van der Waals surface area contributed by atoms with Crippen molar-refractivity contribution < 1.29 is 4.42 Å². The van der Waals surface area contributed by atoms with Crippen LogP contribution in [0.2, 0.25) is 0 Å². The van der Waals surface area contributed by atoms with Crippen LogP contribution in [0.1, 0.15) is 31.9 Å². The van der Waals surface area contributed by atoms with Crippen molar-refractivity contribution in [2.45, 2.75) is 34.1 Å². The summed E-state index contributed by atoms with van der Waals surface area (Å²) >= 11 is 0. The first-order valence-corrected chi connectivity index (χ1v) is 13.0. The molecule has 0 unspecified atom stereocenters. The average Bonchev–Trinajstić information content (AvgIpc) is 3.28. The molecule has 0 bridgehead atoms. The molecule has 2 heteroatoms. The SMILES string of the molecule is Cc1cnc(-c2cccc3c2oc2c3ccc3c4ccccc4c4ccccc4c32)cc1CC(C)(C)C. The molecular weight excluding hydrogens is 450 g/mol. The minimum Gasteiger partial charge on any atom is -0.455 e. The molecule has 180 valence electrons. The van der Waals surface area contributed by atoms with Crippen LogP contribution in [0.15, 0.2) is 95.5 Å². The summed E-state index contributed by atoms with van der Waals surface area (Å²) in [7, 11) is 0. The highest BCUT2D eigenvalue weighted by atomic mass is 16.3. The monoisotopic (exact) mass is 479 g/mol. The quantitative estimate of drug-likeness (QED) is 0.231. The first kappa shape index (κ1) is 22.1. The van der Waals surface area contributed by atoms with Crippen molar-refractivity contribution in [1.82, 2.24) is 4.98 Å². The lowest BCUT2D eigenvalue weighted by atomic mass is 9.86. The molecule has 0 atom stereocenters. The van der Waals surface area contributed by atoms with Crippen LogP contribution >= 0.6 is 0 Å². The number of nitrogens with zero attached hydrogens (tertiary/aromatic N) is 1. The van der Waals surface area contributed by atoms with E-state index in [-0.39, 0.29) is 5.41 Å². The van der Waals surface area contributed by atoms with Gasteiger partial charge in [0.05, 0.1) is 5.69 Å². The van der Waals surface area contributed by atoms with Crippen molar-refractivity contribution in [1.29, 1.82) is 0 Å². The Morgan fingerprint density at radius 1 is 0.649 bits per heavy atom. The fraction of sp³-hybridized carbons (Fsp3) is 0.171. The highest BCUT2D eigenvalue weighted by Gasteiger charge is 2.19. The Hall–Kier alpha value is -4.17. The molecule has 0 radical (unpaired) electrons. The first-order chi connectivity index (χ1) is 17.9. The number of aryl methyl sites for hydroxylation is 1. The van der Waals surface area contributed by atoms with Crippen molar-refractivity contribution in [3.63, 3.8) is 0 Å². The Morgan fingerprint density at radius 2 is 1.22 bits per heavy atom. The number of para-hydroxylation sites is 1. The summed E-state index contributed by atoms with van der Waals surface area (Å²) in [6, 6.07) is 30.5. The lowest BCUT2D eigenvalue weighted by Crippen LogP contribution is -2.10. The van der Waals surface area contributed by atoms with Crippen LogP contribution < -0.4 is 0 Å². The summed E-state index contributed by atoms with van der Waals surface area (Å²) in [5.74, 6) is 0. The highest BCUT2D eigenvalue weighted by molar-refractivity contribution is 6.32. The van der Waals surface area contributed by atoms with E-state index in [4.69, 9.17) is 9.40 Å². The predicted molar refractivity (Wildman–Crippen MR) is 157 cm³/mol. The van der Waals surface area contributed by atoms with E-state index in [2.05, 4.69) is 113 Å². The molecule has 0 N–H and O–H groups in total. The fourth-order valence-corrected chi connectivity index (χ4v) is 5.92. The molecule has 0 fully saturated rings. The fourth-order valence-electron chi connectivity index (χ4n) is 5.92. The van der Waals surface area contributed by atoms with E-state index in [1.807, 2.05) is 6.20 Å². The summed E-state index contributed by atoms with van der Waals surface area (Å²) < 4.78 is 6.84. The third-order valence-corrected chi connectivity index (χ3v) is 7.58. The Kier molecular flexibility index (Phi) is 4.72. The van der Waals surface area contributed by atoms with Gasteiger partial charge in [0, 0.05) is 27.9 Å². The summed E-state index contributed by atoms with van der Waals surface area (Å²) in [4.78, 5) is 4.85. The molecule has 2 aromatic heterocycles. The van der Waals surface area contributed by atoms with Gasteiger partial charge in [-0.05, 0) is 75.0 Å². The third-order valence-electron chi connectivity index (χ3n) is 7.58. The number of furan rings is 1. The zero-order chi connectivity index (χ0) is 25.3. The maximum Gasteiger partial charge on any atom is 0.144 e. The number of pyridine rings is 1. The van der Waals surface area contributed by atoms with Gasteiger partial charge in [0.25, 0.3) is 0 Å². The standard InChI is InChI=1S/C35H29NO/c1-21-20-36-31(18-22(21)19-35(2,3)4)30-15-9-14-28-29-17-16-27-25-12-6-5-10-23(25)24-11-7-8-13-26(24)32(27)34(29)37-33(28)30/h5-18,20H,19H2,1-4H3. The average molecular weight is 480 g/mol. The van der Waals surface area contributed by atoms with Crippen molar-refractivity contribution >= 4 is 54.3 Å². The van der Waals surface area contributed by atoms with E-state index < -0.39 is 0 Å². The second kappa shape index (κ2) is 7.91. The Labute approximate surface area is 216 Å². The molecule has 0 aliphatic carbocycles. The highest BCUT2D eigenvalue weighted by Crippen LogP contribution is 2.43. The van der Waals surface area contributed by atoms with E-state index in [9.17, 15) is 0 Å². The molecule has 37 heavy (non-hydrogen) atoms. The van der Waals surface area contributed by atoms with Gasteiger partial charge in [-0.15, -0.1) is 0 Å². The first-order valence-electron chi connectivity index (χ1n) is 13.0. The van der Waals surface area contributed by atoms with Crippen molar-refractivity contribution in [3.05, 3.63) is 102 Å². The number of hydrogen-bond donors (Lipinski definition) is 0. The molecule has 0 aliphatic rings. The molecule has 0 amide bonds. The summed E-state index contributed by atoms with van der Waals surface area (Å²) in [6.07, 6.45) is 3.01. The third kappa shape index (κ3) is 3.43. The predicted octanol–water partition coefficient (Wildman–Crippen LogP) is 10.0. The van der Waals surface area contributed by atoms with Crippen LogP contribution in [0.25, 0.3) is 65.5 Å². The minimum atomic E-state index is 0.206. The van der Waals surface area contributed by atoms with Gasteiger partial charge in [-0.25, -0.2) is 0 Å². The topological polar surface area (TPSA) is 26.0 Å². The number of rotatable bonds is 2. The van der Waals surface area contributed by atoms with Crippen LogP contribution in [0, 0.1) is 12.3 Å². The van der Waals surface area contributed by atoms with Crippen LogP contribution in [0.3, 0.4) is 0 Å². The number of aromatic nitrogens is 1. The largest absolute Gasteiger partial charge is 0.455 e. The van der Waals surface area contributed by atoms with Crippen molar-refractivity contribution in [2.75, 3.05) is 0 Å². The van der Waals surface area contributed by atoms with Gasteiger partial charge in [0.2, 0.25) is 0 Å². The molecule has 2 heterocycles. The molecule has 0 saturated carbocycles. The van der Waals surface area contributed by atoms with E-state index in [0.29, 0.717) is 0 Å². The van der Waals surface area contributed by atoms with Crippen LogP contribution in [0.5, 0.6) is 0 Å². The number of hydrogen-bond acceptors (Lipinski definition) is 2. The molecule has 0 spiro atoms. The van der Waals surface area contributed by atoms with E-state index in [0.717, 1.165) is 39.6 Å². The Bertz CT molecular complexity index is 1970. The van der Waals surface area contributed by atoms with Crippen molar-refractivity contribution in [3.8, 4) is 11.3 Å². The lowest BCUT2D eigenvalue weighted by Gasteiger charge is -2.20. The van der Waals surface area contributed by atoms with E-state index in [1.54, 1.807) is 0 Å². The van der Waals surface area contributed by atoms with Crippen LogP contribution in [-0.2, 0) is 6.42 Å². The van der Waals surface area contributed by atoms with Gasteiger partial charge in [-0.3, -0.25) is 4.98 Å². The van der Waals surface area contributed by atoms with E-state index in [1.165, 1.54) is 43.4 Å². The van der Waals surface area contributed by atoms with Gasteiger partial charge in [-0.2, -0.15) is 0 Å². The molecular formula is C35H29NO. The molecule has 0 aliphatic heterocycles. The van der Waals surface area contributed by atoms with Gasteiger partial charge in [-0.1, -0.05) is 87.5 Å². The smallest absolute Gasteiger partial charge is 0.144 e. The minimum absolute atomic E-state index is 0.206. The van der Waals surface area contributed by atoms with Crippen LogP contribution in [0.4, 0.5) is 0 Å². The lowest BCUT2D eigenvalue weighted by molar-refractivity contribution is 0.410. The number of benzene rings is 5. The summed E-state index contributed by atoms with van der Waals surface area (Å²) in [6.45, 7) is 9.00. The summed E-state index contributed by atoms with van der Waals surface area (Å²) in [5, 5.41) is 9.69. The van der Waals surface area contributed by atoms with Crippen molar-refractivity contribution in [2.24, 2.45) is 5.41 Å². The normalized spacial score (nSPS) is 12.4. The zero-order valence-corrected chi connectivity index (χ0v) is 21.7. The summed E-state index contributed by atoms with van der Waals surface area (Å²) in [5.41, 5.74) is 6.64. The maximum absolute atomic E-state index is 6.84. The molecule has 2 nitrogen and oxygen atoms in total. The van der Waals surface area contributed by atoms with Gasteiger partial charge in [0.1, 0.15) is 11.2 Å². The van der Waals surface area contributed by atoms with Gasteiger partial charge >= 0.3 is 0 Å².